The maximum Gasteiger partial charge on any atom is 0.137 e. The van der Waals surface area contributed by atoms with Gasteiger partial charge in [0.15, 0.2) is 0 Å². The Morgan fingerprint density at radius 3 is 2.67 bits per heavy atom. The second-order valence-corrected chi connectivity index (χ2v) is 3.31. The summed E-state index contributed by atoms with van der Waals surface area (Å²) in [6.45, 7) is 2.86. The molecule has 0 saturated carbocycles. The summed E-state index contributed by atoms with van der Waals surface area (Å²) in [6.07, 6.45) is 4.59. The van der Waals surface area contributed by atoms with E-state index in [1.54, 1.807) is 6.20 Å². The van der Waals surface area contributed by atoms with Crippen molar-refractivity contribution in [2.75, 3.05) is 6.61 Å². The van der Waals surface area contributed by atoms with Crippen LogP contribution >= 0.6 is 0 Å². The minimum absolute atomic E-state index is 0.764. The van der Waals surface area contributed by atoms with Crippen molar-refractivity contribution < 1.29 is 4.74 Å². The zero-order valence-corrected chi connectivity index (χ0v) is 8.73. The Kier molecular flexibility index (Phi) is 3.02. The van der Waals surface area contributed by atoms with Crippen LogP contribution in [-0.2, 0) is 0 Å². The minimum Gasteiger partial charge on any atom is -0.494 e. The van der Waals surface area contributed by atoms with E-state index in [4.69, 9.17) is 4.74 Å². The fourth-order valence-corrected chi connectivity index (χ4v) is 1.35. The van der Waals surface area contributed by atoms with Crippen molar-refractivity contribution in [3.05, 3.63) is 36.7 Å². The fourth-order valence-electron chi connectivity index (χ4n) is 1.35. The van der Waals surface area contributed by atoms with Crippen LogP contribution in [-0.4, -0.2) is 16.6 Å². The molecular weight excluding hydrogens is 188 g/mol. The van der Waals surface area contributed by atoms with Gasteiger partial charge in [0.2, 0.25) is 0 Å². The lowest BCUT2D eigenvalue weighted by molar-refractivity contribution is 0.317. The summed E-state index contributed by atoms with van der Waals surface area (Å²) < 4.78 is 5.50. The molecule has 0 bridgehead atoms. The molecule has 0 spiro atoms. The van der Waals surface area contributed by atoms with Crippen molar-refractivity contribution in [3.8, 4) is 17.1 Å². The van der Waals surface area contributed by atoms with E-state index < -0.39 is 0 Å². The molecule has 0 saturated heterocycles. The summed E-state index contributed by atoms with van der Waals surface area (Å²) >= 11 is 0. The highest BCUT2D eigenvalue weighted by Gasteiger charge is 1.99. The first-order chi connectivity index (χ1) is 7.40. The average molecular weight is 202 g/mol. The number of benzene rings is 1. The van der Waals surface area contributed by atoms with E-state index in [0.717, 1.165) is 30.2 Å². The second-order valence-electron chi connectivity index (χ2n) is 3.31. The number of aromatic nitrogens is 2. The molecule has 2 rings (SSSR count). The summed E-state index contributed by atoms with van der Waals surface area (Å²) in [7, 11) is 0. The van der Waals surface area contributed by atoms with Gasteiger partial charge in [-0.1, -0.05) is 6.92 Å². The van der Waals surface area contributed by atoms with Crippen molar-refractivity contribution in [1.29, 1.82) is 0 Å². The molecule has 0 unspecified atom stereocenters. The van der Waals surface area contributed by atoms with Crippen LogP contribution in [0.1, 0.15) is 13.3 Å². The number of rotatable bonds is 4. The van der Waals surface area contributed by atoms with Crippen LogP contribution in [0.2, 0.25) is 0 Å². The highest BCUT2D eigenvalue weighted by Crippen LogP contribution is 2.18. The lowest BCUT2D eigenvalue weighted by atomic mass is 10.2. The van der Waals surface area contributed by atoms with Crippen LogP contribution < -0.4 is 4.74 Å². The molecular formula is C12H14N2O. The second kappa shape index (κ2) is 4.64. The molecule has 0 fully saturated rings. The Bertz CT molecular complexity index is 392. The van der Waals surface area contributed by atoms with Gasteiger partial charge in [0.1, 0.15) is 11.6 Å². The fraction of sp³-hybridized carbons (Fsp3) is 0.250. The monoisotopic (exact) mass is 202 g/mol. The number of aromatic amines is 1. The number of hydrogen-bond acceptors (Lipinski definition) is 2. The molecule has 0 amide bonds. The molecule has 0 aliphatic heterocycles. The Hall–Kier alpha value is -1.77. The van der Waals surface area contributed by atoms with Crippen molar-refractivity contribution in [3.63, 3.8) is 0 Å². The van der Waals surface area contributed by atoms with Crippen LogP contribution in [0, 0.1) is 0 Å². The number of imidazole rings is 1. The molecule has 0 radical (unpaired) electrons. The van der Waals surface area contributed by atoms with E-state index in [1.165, 1.54) is 0 Å². The van der Waals surface area contributed by atoms with E-state index in [9.17, 15) is 0 Å². The number of nitrogens with one attached hydrogen (secondary N) is 1. The molecule has 1 N–H and O–H groups in total. The van der Waals surface area contributed by atoms with E-state index in [2.05, 4.69) is 16.9 Å². The van der Waals surface area contributed by atoms with Crippen molar-refractivity contribution >= 4 is 0 Å². The SMILES string of the molecule is CCCOc1ccc(-c2ncc[nH]2)cc1. The van der Waals surface area contributed by atoms with Gasteiger partial charge in [0.05, 0.1) is 6.61 Å². The van der Waals surface area contributed by atoms with E-state index in [-0.39, 0.29) is 0 Å². The average Bonchev–Trinajstić information content (AvgIpc) is 2.80. The smallest absolute Gasteiger partial charge is 0.137 e. The molecule has 1 heterocycles. The van der Waals surface area contributed by atoms with Gasteiger partial charge in [-0.15, -0.1) is 0 Å². The third-order valence-electron chi connectivity index (χ3n) is 2.10. The predicted molar refractivity (Wildman–Crippen MR) is 59.8 cm³/mol. The maximum atomic E-state index is 5.50. The largest absolute Gasteiger partial charge is 0.494 e. The first-order valence-electron chi connectivity index (χ1n) is 5.13. The van der Waals surface area contributed by atoms with Gasteiger partial charge in [-0.25, -0.2) is 4.98 Å². The molecule has 15 heavy (non-hydrogen) atoms. The van der Waals surface area contributed by atoms with Gasteiger partial charge in [-0.05, 0) is 30.7 Å². The molecule has 1 aromatic heterocycles. The molecule has 0 aliphatic carbocycles. The normalized spacial score (nSPS) is 10.2. The molecule has 3 heteroatoms. The Balaban J connectivity index is 2.11. The number of H-pyrrole nitrogens is 1. The zero-order chi connectivity index (χ0) is 10.5. The van der Waals surface area contributed by atoms with Crippen LogP contribution in [0.25, 0.3) is 11.4 Å². The highest BCUT2D eigenvalue weighted by molar-refractivity contribution is 5.55. The molecule has 78 valence electrons. The van der Waals surface area contributed by atoms with Crippen LogP contribution in [0.4, 0.5) is 0 Å². The lowest BCUT2D eigenvalue weighted by Gasteiger charge is -2.04. The summed E-state index contributed by atoms with van der Waals surface area (Å²) in [4.78, 5) is 7.25. The van der Waals surface area contributed by atoms with Crippen molar-refractivity contribution in [1.82, 2.24) is 9.97 Å². The van der Waals surface area contributed by atoms with Gasteiger partial charge < -0.3 is 9.72 Å². The summed E-state index contributed by atoms with van der Waals surface area (Å²) in [5, 5.41) is 0. The van der Waals surface area contributed by atoms with E-state index in [1.807, 2.05) is 30.5 Å². The molecule has 0 aliphatic rings. The van der Waals surface area contributed by atoms with E-state index in [0.29, 0.717) is 0 Å². The van der Waals surface area contributed by atoms with Crippen LogP contribution in [0.3, 0.4) is 0 Å². The van der Waals surface area contributed by atoms with Gasteiger partial charge in [0.25, 0.3) is 0 Å². The third kappa shape index (κ3) is 2.37. The first kappa shape index (κ1) is 9.77. The Morgan fingerprint density at radius 1 is 1.27 bits per heavy atom. The highest BCUT2D eigenvalue weighted by atomic mass is 16.5. The molecule has 1 aromatic carbocycles. The zero-order valence-electron chi connectivity index (χ0n) is 8.73. The number of hydrogen-bond donors (Lipinski definition) is 1. The maximum absolute atomic E-state index is 5.50. The van der Waals surface area contributed by atoms with E-state index >= 15 is 0 Å². The topological polar surface area (TPSA) is 37.9 Å². The standard InChI is InChI=1S/C12H14N2O/c1-2-9-15-11-5-3-10(4-6-11)12-13-7-8-14-12/h3-8H,2,9H2,1H3,(H,13,14). The quantitative estimate of drug-likeness (QED) is 0.827. The minimum atomic E-state index is 0.764. The van der Waals surface area contributed by atoms with Gasteiger partial charge in [-0.3, -0.25) is 0 Å². The summed E-state index contributed by atoms with van der Waals surface area (Å²) in [6, 6.07) is 7.94. The lowest BCUT2D eigenvalue weighted by Crippen LogP contribution is -1.94. The van der Waals surface area contributed by atoms with Gasteiger partial charge in [0, 0.05) is 18.0 Å². The summed E-state index contributed by atoms with van der Waals surface area (Å²) in [5.41, 5.74) is 1.07. The van der Waals surface area contributed by atoms with Crippen molar-refractivity contribution in [2.24, 2.45) is 0 Å². The van der Waals surface area contributed by atoms with Gasteiger partial charge >= 0.3 is 0 Å². The molecule has 2 aromatic rings. The Labute approximate surface area is 89.1 Å². The first-order valence-corrected chi connectivity index (χ1v) is 5.13. The van der Waals surface area contributed by atoms with Crippen LogP contribution in [0.15, 0.2) is 36.7 Å². The van der Waals surface area contributed by atoms with Crippen molar-refractivity contribution in [2.45, 2.75) is 13.3 Å². The summed E-state index contributed by atoms with van der Waals surface area (Å²) in [5.74, 6) is 1.80. The number of ether oxygens (including phenoxy) is 1. The third-order valence-corrected chi connectivity index (χ3v) is 2.10. The molecule has 3 nitrogen and oxygen atoms in total. The predicted octanol–water partition coefficient (Wildman–Crippen LogP) is 2.87. The van der Waals surface area contributed by atoms with Crippen LogP contribution in [0.5, 0.6) is 5.75 Å². The Morgan fingerprint density at radius 2 is 2.07 bits per heavy atom. The van der Waals surface area contributed by atoms with Gasteiger partial charge in [-0.2, -0.15) is 0 Å². The number of nitrogens with zero attached hydrogens (tertiary/aromatic N) is 1. The molecule has 0 atom stereocenters.